The van der Waals surface area contributed by atoms with Gasteiger partial charge in [-0.1, -0.05) is 13.3 Å². The highest BCUT2D eigenvalue weighted by Crippen LogP contribution is 2.25. The first-order valence-electron chi connectivity index (χ1n) is 4.34. The molecule has 64 valence electrons. The summed E-state index contributed by atoms with van der Waals surface area (Å²) in [6, 6.07) is 0. The van der Waals surface area contributed by atoms with Gasteiger partial charge in [-0.05, 0) is 19.9 Å². The molecule has 0 spiro atoms. The molecule has 2 atom stereocenters. The Bertz CT molecular complexity index is 156. The maximum Gasteiger partial charge on any atom is 0.134 e. The van der Waals surface area contributed by atoms with Crippen LogP contribution in [0.1, 0.15) is 20.3 Å². The van der Waals surface area contributed by atoms with Crippen LogP contribution in [0.25, 0.3) is 0 Å². The molecule has 1 fully saturated rings. The molecule has 1 saturated heterocycles. The molecule has 0 aliphatic carbocycles. The van der Waals surface area contributed by atoms with E-state index in [2.05, 4.69) is 18.9 Å². The summed E-state index contributed by atoms with van der Waals surface area (Å²) in [6.07, 6.45) is 1.13. The summed E-state index contributed by atoms with van der Waals surface area (Å²) in [6.45, 7) is 5.95. The van der Waals surface area contributed by atoms with Crippen molar-refractivity contribution < 1.29 is 4.79 Å². The van der Waals surface area contributed by atoms with E-state index in [4.69, 9.17) is 0 Å². The topological polar surface area (TPSA) is 20.3 Å². The number of likely N-dealkylation sites (tertiary alicyclic amines) is 1. The Hall–Kier alpha value is -0.370. The van der Waals surface area contributed by atoms with Crippen LogP contribution >= 0.6 is 0 Å². The third-order valence-corrected chi connectivity index (χ3v) is 2.67. The Labute approximate surface area is 68.6 Å². The standard InChI is InChI=1S/C9H17NO/c1-4-8-5-10(3)6-9(8)7(2)11/h8-9H,4-6H2,1-3H3/t8-,9?/m1/s1. The van der Waals surface area contributed by atoms with E-state index in [9.17, 15) is 4.79 Å². The van der Waals surface area contributed by atoms with Gasteiger partial charge in [0.25, 0.3) is 0 Å². The highest BCUT2D eigenvalue weighted by atomic mass is 16.1. The lowest BCUT2D eigenvalue weighted by Crippen LogP contribution is -2.19. The summed E-state index contributed by atoms with van der Waals surface area (Å²) >= 11 is 0. The van der Waals surface area contributed by atoms with Gasteiger partial charge in [-0.3, -0.25) is 4.79 Å². The fraction of sp³-hybridized carbons (Fsp3) is 0.889. The van der Waals surface area contributed by atoms with Gasteiger partial charge < -0.3 is 4.90 Å². The molecular formula is C9H17NO. The van der Waals surface area contributed by atoms with Crippen molar-refractivity contribution >= 4 is 5.78 Å². The molecule has 0 aromatic carbocycles. The summed E-state index contributed by atoms with van der Waals surface area (Å²) in [7, 11) is 2.09. The van der Waals surface area contributed by atoms with Crippen LogP contribution in [0.4, 0.5) is 0 Å². The second-order valence-electron chi connectivity index (χ2n) is 3.61. The zero-order valence-corrected chi connectivity index (χ0v) is 7.63. The Morgan fingerprint density at radius 3 is 2.55 bits per heavy atom. The second-order valence-corrected chi connectivity index (χ2v) is 3.61. The van der Waals surface area contributed by atoms with E-state index in [1.54, 1.807) is 6.92 Å². The van der Waals surface area contributed by atoms with Crippen molar-refractivity contribution in [3.8, 4) is 0 Å². The van der Waals surface area contributed by atoms with Crippen molar-refractivity contribution in [2.45, 2.75) is 20.3 Å². The zero-order chi connectivity index (χ0) is 8.43. The number of carbonyl (C=O) groups is 1. The van der Waals surface area contributed by atoms with Gasteiger partial charge in [0.05, 0.1) is 0 Å². The van der Waals surface area contributed by atoms with Crippen LogP contribution in [0.15, 0.2) is 0 Å². The van der Waals surface area contributed by atoms with Crippen LogP contribution in [0.5, 0.6) is 0 Å². The van der Waals surface area contributed by atoms with E-state index in [1.807, 2.05) is 0 Å². The van der Waals surface area contributed by atoms with Gasteiger partial charge in [0.15, 0.2) is 0 Å². The molecule has 0 aromatic rings. The van der Waals surface area contributed by atoms with E-state index in [1.165, 1.54) is 0 Å². The Balaban J connectivity index is 2.57. The van der Waals surface area contributed by atoms with Gasteiger partial charge in [-0.25, -0.2) is 0 Å². The summed E-state index contributed by atoms with van der Waals surface area (Å²) in [5, 5.41) is 0. The molecule has 2 heteroatoms. The van der Waals surface area contributed by atoms with Crippen molar-refractivity contribution in [3.63, 3.8) is 0 Å². The smallest absolute Gasteiger partial charge is 0.134 e. The first-order valence-corrected chi connectivity index (χ1v) is 4.34. The minimum absolute atomic E-state index is 0.310. The van der Waals surface area contributed by atoms with Crippen LogP contribution in [0.2, 0.25) is 0 Å². The van der Waals surface area contributed by atoms with Crippen LogP contribution < -0.4 is 0 Å². The summed E-state index contributed by atoms with van der Waals surface area (Å²) in [5.74, 6) is 1.28. The highest BCUT2D eigenvalue weighted by molar-refractivity contribution is 5.79. The average Bonchev–Trinajstić information content (AvgIpc) is 2.30. The van der Waals surface area contributed by atoms with Crippen LogP contribution in [-0.4, -0.2) is 30.8 Å². The van der Waals surface area contributed by atoms with E-state index >= 15 is 0 Å². The number of Topliss-reactive ketones (excluding diaryl/α,β-unsaturated/α-hetero) is 1. The second kappa shape index (κ2) is 3.35. The lowest BCUT2D eigenvalue weighted by Gasteiger charge is -2.11. The molecule has 11 heavy (non-hydrogen) atoms. The average molecular weight is 155 g/mol. The molecule has 0 saturated carbocycles. The molecule has 0 bridgehead atoms. The van der Waals surface area contributed by atoms with Crippen LogP contribution in [0.3, 0.4) is 0 Å². The molecule has 1 rings (SSSR count). The Kier molecular flexibility index (Phi) is 2.66. The predicted octanol–water partition coefficient (Wildman–Crippen LogP) is 1.16. The fourth-order valence-electron chi connectivity index (χ4n) is 1.96. The molecule has 1 aliphatic rings. The van der Waals surface area contributed by atoms with Gasteiger partial charge in [0.1, 0.15) is 5.78 Å². The number of rotatable bonds is 2. The quantitative estimate of drug-likeness (QED) is 0.596. The number of hydrogen-bond acceptors (Lipinski definition) is 2. The van der Waals surface area contributed by atoms with Gasteiger partial charge in [0, 0.05) is 19.0 Å². The van der Waals surface area contributed by atoms with Gasteiger partial charge >= 0.3 is 0 Å². The van der Waals surface area contributed by atoms with Gasteiger partial charge in [-0.2, -0.15) is 0 Å². The van der Waals surface area contributed by atoms with E-state index in [-0.39, 0.29) is 0 Å². The maximum absolute atomic E-state index is 11.1. The van der Waals surface area contributed by atoms with Crippen molar-refractivity contribution in [3.05, 3.63) is 0 Å². The summed E-state index contributed by atoms with van der Waals surface area (Å²) in [5.41, 5.74) is 0. The molecule has 0 N–H and O–H groups in total. The number of nitrogens with zero attached hydrogens (tertiary/aromatic N) is 1. The summed E-state index contributed by atoms with van der Waals surface area (Å²) < 4.78 is 0. The van der Waals surface area contributed by atoms with Crippen molar-refractivity contribution in [2.24, 2.45) is 11.8 Å². The molecule has 0 amide bonds. The summed E-state index contributed by atoms with van der Waals surface area (Å²) in [4.78, 5) is 13.4. The van der Waals surface area contributed by atoms with E-state index < -0.39 is 0 Å². The third kappa shape index (κ3) is 1.80. The first kappa shape index (κ1) is 8.72. The minimum atomic E-state index is 0.310. The van der Waals surface area contributed by atoms with Crippen molar-refractivity contribution in [1.29, 1.82) is 0 Å². The normalized spacial score (nSPS) is 32.6. The monoisotopic (exact) mass is 155 g/mol. The predicted molar refractivity (Wildman–Crippen MR) is 45.4 cm³/mol. The lowest BCUT2D eigenvalue weighted by molar-refractivity contribution is -0.121. The maximum atomic E-state index is 11.1. The number of carbonyl (C=O) groups excluding carboxylic acids is 1. The van der Waals surface area contributed by atoms with Crippen molar-refractivity contribution in [2.75, 3.05) is 20.1 Å². The molecule has 1 aliphatic heterocycles. The zero-order valence-electron chi connectivity index (χ0n) is 7.63. The number of ketones is 1. The molecular weight excluding hydrogens is 138 g/mol. The van der Waals surface area contributed by atoms with Crippen LogP contribution in [0, 0.1) is 11.8 Å². The Morgan fingerprint density at radius 2 is 2.18 bits per heavy atom. The fourth-order valence-corrected chi connectivity index (χ4v) is 1.96. The van der Waals surface area contributed by atoms with Gasteiger partial charge in [0.2, 0.25) is 0 Å². The molecule has 1 heterocycles. The van der Waals surface area contributed by atoms with Crippen molar-refractivity contribution in [1.82, 2.24) is 4.90 Å². The lowest BCUT2D eigenvalue weighted by atomic mass is 9.91. The number of hydrogen-bond donors (Lipinski definition) is 0. The molecule has 1 unspecified atom stereocenters. The minimum Gasteiger partial charge on any atom is -0.305 e. The van der Waals surface area contributed by atoms with Gasteiger partial charge in [-0.15, -0.1) is 0 Å². The van der Waals surface area contributed by atoms with Crippen LogP contribution in [-0.2, 0) is 4.79 Å². The third-order valence-electron chi connectivity index (χ3n) is 2.67. The molecule has 0 aromatic heterocycles. The Morgan fingerprint density at radius 1 is 1.55 bits per heavy atom. The highest BCUT2D eigenvalue weighted by Gasteiger charge is 2.32. The molecule has 2 nitrogen and oxygen atoms in total. The van der Waals surface area contributed by atoms with E-state index in [0.29, 0.717) is 17.6 Å². The molecule has 0 radical (unpaired) electrons. The SMILES string of the molecule is CC[C@@H]1CN(C)CC1C(C)=O. The largest absolute Gasteiger partial charge is 0.305 e. The first-order chi connectivity index (χ1) is 5.15. The van der Waals surface area contributed by atoms with E-state index in [0.717, 1.165) is 19.5 Å².